The molecule has 134 valence electrons. The molecule has 1 aromatic rings. The molecule has 0 bridgehead atoms. The maximum absolute atomic E-state index is 13.2. The van der Waals surface area contributed by atoms with Crippen LogP contribution in [0.3, 0.4) is 0 Å². The average molecular weight is 342 g/mol. The molecule has 3 aliphatic rings. The van der Waals surface area contributed by atoms with Crippen LogP contribution in [-0.4, -0.2) is 47.6 Å². The first kappa shape index (κ1) is 16.6. The van der Waals surface area contributed by atoms with Crippen LogP contribution in [0.1, 0.15) is 43.2 Å². The molecule has 4 rings (SSSR count). The van der Waals surface area contributed by atoms with Gasteiger partial charge in [0, 0.05) is 19.6 Å². The van der Waals surface area contributed by atoms with Gasteiger partial charge in [-0.05, 0) is 50.0 Å². The van der Waals surface area contributed by atoms with Crippen LogP contribution in [0.4, 0.5) is 0 Å². The molecule has 2 aliphatic heterocycles. The van der Waals surface area contributed by atoms with Crippen LogP contribution in [0.5, 0.6) is 0 Å². The summed E-state index contributed by atoms with van der Waals surface area (Å²) < 4.78 is 0. The zero-order valence-corrected chi connectivity index (χ0v) is 14.8. The molecule has 2 saturated heterocycles. The highest BCUT2D eigenvalue weighted by Crippen LogP contribution is 2.50. The molecule has 2 heterocycles. The fourth-order valence-electron chi connectivity index (χ4n) is 4.58. The van der Waals surface area contributed by atoms with Crippen LogP contribution >= 0.6 is 0 Å². The van der Waals surface area contributed by atoms with E-state index >= 15 is 0 Å². The minimum absolute atomic E-state index is 0.0560. The van der Waals surface area contributed by atoms with E-state index < -0.39 is 12.0 Å². The van der Waals surface area contributed by atoms with Gasteiger partial charge in [-0.15, -0.1) is 0 Å². The van der Waals surface area contributed by atoms with Crippen LogP contribution in [0.2, 0.25) is 0 Å². The lowest BCUT2D eigenvalue weighted by molar-refractivity contribution is -0.140. The normalized spacial score (nSPS) is 26.6. The number of carboxylic acid groups (broad SMARTS) is 1. The van der Waals surface area contributed by atoms with Crippen LogP contribution < -0.4 is 5.32 Å². The van der Waals surface area contributed by atoms with Crippen molar-refractivity contribution < 1.29 is 14.7 Å². The number of amides is 1. The van der Waals surface area contributed by atoms with Crippen molar-refractivity contribution in [1.29, 1.82) is 0 Å². The number of carbonyl (C=O) groups is 2. The van der Waals surface area contributed by atoms with Gasteiger partial charge >= 0.3 is 5.97 Å². The van der Waals surface area contributed by atoms with Crippen molar-refractivity contribution in [1.82, 2.24) is 10.2 Å². The smallest absolute Gasteiger partial charge is 0.320 e. The Balaban J connectivity index is 1.42. The van der Waals surface area contributed by atoms with E-state index in [0.29, 0.717) is 6.42 Å². The van der Waals surface area contributed by atoms with Gasteiger partial charge in [0.1, 0.15) is 6.04 Å². The molecule has 2 N–H and O–H groups in total. The lowest BCUT2D eigenvalue weighted by atomic mass is 9.76. The predicted octanol–water partition coefficient (Wildman–Crippen LogP) is 2.08. The quantitative estimate of drug-likeness (QED) is 0.882. The summed E-state index contributed by atoms with van der Waals surface area (Å²) in [5, 5.41) is 12.3. The third-order valence-corrected chi connectivity index (χ3v) is 6.53. The summed E-state index contributed by atoms with van der Waals surface area (Å²) in [4.78, 5) is 26.4. The van der Waals surface area contributed by atoms with Gasteiger partial charge < -0.3 is 15.3 Å². The Morgan fingerprint density at radius 3 is 2.28 bits per heavy atom. The summed E-state index contributed by atoms with van der Waals surface area (Å²) in [5.74, 6) is -0.487. The van der Waals surface area contributed by atoms with Crippen molar-refractivity contribution in [3.63, 3.8) is 0 Å². The van der Waals surface area contributed by atoms with Crippen molar-refractivity contribution in [3.8, 4) is 0 Å². The Morgan fingerprint density at radius 2 is 1.76 bits per heavy atom. The maximum atomic E-state index is 13.2. The third-order valence-electron chi connectivity index (χ3n) is 6.53. The number of likely N-dealkylation sites (tertiary alicyclic amines) is 1. The Kier molecular flexibility index (Phi) is 3.87. The molecule has 1 atom stereocenters. The average Bonchev–Trinajstić information content (AvgIpc) is 3.32. The van der Waals surface area contributed by atoms with Crippen molar-refractivity contribution in [3.05, 3.63) is 35.4 Å². The standard InChI is InChI=1S/C20H26N2O3/c1-14-2-4-15(5-3-14)20(6-7-20)18(25)22-10-8-19(9-11-22)12-16(17(23)24)21-13-19/h2-5,16,21H,6-13H2,1H3,(H,23,24). The number of benzene rings is 1. The third kappa shape index (κ3) is 2.84. The fourth-order valence-corrected chi connectivity index (χ4v) is 4.58. The van der Waals surface area contributed by atoms with E-state index in [1.165, 1.54) is 5.56 Å². The van der Waals surface area contributed by atoms with Gasteiger partial charge in [0.05, 0.1) is 5.41 Å². The Morgan fingerprint density at radius 1 is 1.12 bits per heavy atom. The number of carbonyl (C=O) groups excluding carboxylic acids is 1. The van der Waals surface area contributed by atoms with E-state index in [0.717, 1.165) is 50.9 Å². The van der Waals surface area contributed by atoms with Crippen LogP contribution in [0, 0.1) is 12.3 Å². The molecule has 5 heteroatoms. The molecule has 25 heavy (non-hydrogen) atoms. The molecule has 0 aromatic heterocycles. The van der Waals surface area contributed by atoms with Gasteiger partial charge in [0.25, 0.3) is 0 Å². The van der Waals surface area contributed by atoms with E-state index in [9.17, 15) is 14.7 Å². The topological polar surface area (TPSA) is 69.6 Å². The second-order valence-electron chi connectivity index (χ2n) is 8.22. The van der Waals surface area contributed by atoms with Gasteiger partial charge in [-0.25, -0.2) is 0 Å². The Bertz CT molecular complexity index is 685. The van der Waals surface area contributed by atoms with Crippen LogP contribution in [0.15, 0.2) is 24.3 Å². The Hall–Kier alpha value is -1.88. The molecule has 5 nitrogen and oxygen atoms in total. The van der Waals surface area contributed by atoms with Gasteiger partial charge in [0.2, 0.25) is 5.91 Å². The fraction of sp³-hybridized carbons (Fsp3) is 0.600. The highest BCUT2D eigenvalue weighted by Gasteiger charge is 2.54. The van der Waals surface area contributed by atoms with Crippen LogP contribution in [0.25, 0.3) is 0 Å². The number of carboxylic acids is 1. The predicted molar refractivity (Wildman–Crippen MR) is 94.4 cm³/mol. The Labute approximate surface area is 148 Å². The number of hydrogen-bond donors (Lipinski definition) is 2. The van der Waals surface area contributed by atoms with Crippen molar-refractivity contribution in [2.75, 3.05) is 19.6 Å². The highest BCUT2D eigenvalue weighted by molar-refractivity contribution is 5.91. The second kappa shape index (κ2) is 5.84. The van der Waals surface area contributed by atoms with Gasteiger partial charge in [-0.1, -0.05) is 29.8 Å². The number of rotatable bonds is 3. The molecule has 1 amide bonds. The summed E-state index contributed by atoms with van der Waals surface area (Å²) in [6.07, 6.45) is 4.38. The van der Waals surface area contributed by atoms with Gasteiger partial charge in [-0.2, -0.15) is 0 Å². The van der Waals surface area contributed by atoms with E-state index in [2.05, 4.69) is 36.5 Å². The van der Waals surface area contributed by atoms with E-state index in [1.54, 1.807) is 0 Å². The number of nitrogens with zero attached hydrogens (tertiary/aromatic N) is 1. The van der Waals surface area contributed by atoms with E-state index in [-0.39, 0.29) is 16.7 Å². The molecule has 3 fully saturated rings. The van der Waals surface area contributed by atoms with Crippen molar-refractivity contribution in [2.45, 2.75) is 50.5 Å². The minimum Gasteiger partial charge on any atom is -0.480 e. The molecule has 1 saturated carbocycles. The van der Waals surface area contributed by atoms with E-state index in [1.807, 2.05) is 4.90 Å². The van der Waals surface area contributed by atoms with Crippen molar-refractivity contribution in [2.24, 2.45) is 5.41 Å². The lowest BCUT2D eigenvalue weighted by Crippen LogP contribution is -2.47. The number of aliphatic carboxylic acids is 1. The summed E-state index contributed by atoms with van der Waals surface area (Å²) in [7, 11) is 0. The SMILES string of the molecule is Cc1ccc(C2(C(=O)N3CCC4(CC3)CNC(C(=O)O)C4)CC2)cc1. The first-order valence-corrected chi connectivity index (χ1v) is 9.27. The van der Waals surface area contributed by atoms with Crippen LogP contribution in [-0.2, 0) is 15.0 Å². The molecule has 0 radical (unpaired) electrons. The highest BCUT2D eigenvalue weighted by atomic mass is 16.4. The first-order valence-electron chi connectivity index (χ1n) is 9.27. The monoisotopic (exact) mass is 342 g/mol. The molecule has 1 aliphatic carbocycles. The lowest BCUT2D eigenvalue weighted by Gasteiger charge is -2.40. The molecular formula is C20H26N2O3. The molecule has 1 unspecified atom stereocenters. The summed E-state index contributed by atoms with van der Waals surface area (Å²) in [5.41, 5.74) is 2.13. The number of nitrogens with one attached hydrogen (secondary N) is 1. The number of aryl methyl sites for hydroxylation is 1. The summed E-state index contributed by atoms with van der Waals surface area (Å²) in [6, 6.07) is 7.95. The van der Waals surface area contributed by atoms with Gasteiger partial charge in [-0.3, -0.25) is 9.59 Å². The van der Waals surface area contributed by atoms with Gasteiger partial charge in [0.15, 0.2) is 0 Å². The number of piperidine rings is 1. The van der Waals surface area contributed by atoms with E-state index in [4.69, 9.17) is 0 Å². The number of hydrogen-bond acceptors (Lipinski definition) is 3. The zero-order valence-electron chi connectivity index (χ0n) is 14.8. The van der Waals surface area contributed by atoms with Crippen molar-refractivity contribution >= 4 is 11.9 Å². The molecular weight excluding hydrogens is 316 g/mol. The minimum atomic E-state index is -0.758. The first-order chi connectivity index (χ1) is 11.9. The molecule has 1 aromatic carbocycles. The zero-order chi connectivity index (χ0) is 17.7. The maximum Gasteiger partial charge on any atom is 0.320 e. The molecule has 1 spiro atoms. The summed E-state index contributed by atoms with van der Waals surface area (Å²) in [6.45, 7) is 4.32. The largest absolute Gasteiger partial charge is 0.480 e. The summed E-state index contributed by atoms with van der Waals surface area (Å²) >= 11 is 0. The second-order valence-corrected chi connectivity index (χ2v) is 8.22.